The molecule has 0 saturated carbocycles. The maximum absolute atomic E-state index is 12.4. The number of hydrogen-bond donors (Lipinski definition) is 3. The molecule has 0 aliphatic rings. The lowest BCUT2D eigenvalue weighted by molar-refractivity contribution is 0.0365. The fourth-order valence-electron chi connectivity index (χ4n) is 2.27. The third kappa shape index (κ3) is 3.48. The molecule has 0 aliphatic carbocycles. The predicted molar refractivity (Wildman–Crippen MR) is 82.8 cm³/mol. The van der Waals surface area contributed by atoms with E-state index in [0.29, 0.717) is 5.82 Å². The van der Waals surface area contributed by atoms with Crippen LogP contribution in [0.25, 0.3) is 10.8 Å². The number of amides is 1. The lowest BCUT2D eigenvalue weighted by Gasteiger charge is -2.25. The fourth-order valence-corrected chi connectivity index (χ4v) is 2.27. The number of carbonyl (C=O) groups is 1. The van der Waals surface area contributed by atoms with E-state index in [2.05, 4.69) is 10.4 Å². The summed E-state index contributed by atoms with van der Waals surface area (Å²) < 4.78 is 0. The van der Waals surface area contributed by atoms with Gasteiger partial charge in [0.2, 0.25) is 0 Å². The van der Waals surface area contributed by atoms with Crippen molar-refractivity contribution in [3.63, 3.8) is 0 Å². The quantitative estimate of drug-likeness (QED) is 0.583. The maximum Gasteiger partial charge on any atom is 0.272 e. The zero-order valence-corrected chi connectivity index (χ0v) is 12.4. The van der Waals surface area contributed by atoms with Gasteiger partial charge in [-0.05, 0) is 25.3 Å². The lowest BCUT2D eigenvalue weighted by Crippen LogP contribution is -2.40. The molecular formula is C15H20N4O2. The van der Waals surface area contributed by atoms with Crippen molar-refractivity contribution in [1.82, 2.24) is 9.88 Å². The van der Waals surface area contributed by atoms with Crippen molar-refractivity contribution in [3.8, 4) is 0 Å². The standard InChI is InChI=1S/C15H20N4O2/c1-15(2,21)9-19(3)14(20)12-8-10-6-4-5-7-11(10)13(17-12)18-16/h4-8,21H,9,16H2,1-3H3,(H,17,18). The number of fused-ring (bicyclic) bond motifs is 1. The minimum Gasteiger partial charge on any atom is -0.389 e. The highest BCUT2D eigenvalue weighted by Gasteiger charge is 2.22. The second-order valence-corrected chi connectivity index (χ2v) is 5.70. The van der Waals surface area contributed by atoms with Gasteiger partial charge in [-0.25, -0.2) is 10.8 Å². The van der Waals surface area contributed by atoms with Gasteiger partial charge in [-0.3, -0.25) is 4.79 Å². The first kappa shape index (κ1) is 15.2. The van der Waals surface area contributed by atoms with Crippen molar-refractivity contribution in [2.45, 2.75) is 19.4 Å². The van der Waals surface area contributed by atoms with Gasteiger partial charge >= 0.3 is 0 Å². The molecule has 6 heteroatoms. The Hall–Kier alpha value is -2.18. The van der Waals surface area contributed by atoms with E-state index in [4.69, 9.17) is 5.84 Å². The molecule has 21 heavy (non-hydrogen) atoms. The number of carbonyl (C=O) groups excluding carboxylic acids is 1. The van der Waals surface area contributed by atoms with Gasteiger partial charge in [0.05, 0.1) is 5.60 Å². The number of nitrogens with two attached hydrogens (primary N) is 1. The van der Waals surface area contributed by atoms with Crippen LogP contribution in [-0.4, -0.2) is 40.1 Å². The van der Waals surface area contributed by atoms with E-state index in [1.807, 2.05) is 24.3 Å². The zero-order valence-electron chi connectivity index (χ0n) is 12.4. The first-order valence-electron chi connectivity index (χ1n) is 6.66. The Morgan fingerprint density at radius 3 is 2.71 bits per heavy atom. The van der Waals surface area contributed by atoms with Crippen molar-refractivity contribution in [2.24, 2.45) is 5.84 Å². The lowest BCUT2D eigenvalue weighted by atomic mass is 10.1. The summed E-state index contributed by atoms with van der Waals surface area (Å²) in [6.45, 7) is 3.51. The minimum atomic E-state index is -0.962. The van der Waals surface area contributed by atoms with Crippen LogP contribution in [0.15, 0.2) is 30.3 Å². The van der Waals surface area contributed by atoms with Crippen LogP contribution < -0.4 is 11.3 Å². The Morgan fingerprint density at radius 1 is 1.43 bits per heavy atom. The summed E-state index contributed by atoms with van der Waals surface area (Å²) in [6.07, 6.45) is 0. The van der Waals surface area contributed by atoms with Crippen LogP contribution in [0.5, 0.6) is 0 Å². The summed E-state index contributed by atoms with van der Waals surface area (Å²) in [5.74, 6) is 5.67. The van der Waals surface area contributed by atoms with Crippen molar-refractivity contribution >= 4 is 22.5 Å². The Kier molecular flexibility index (Phi) is 4.11. The van der Waals surface area contributed by atoms with Gasteiger partial charge in [-0.2, -0.15) is 0 Å². The van der Waals surface area contributed by atoms with Crippen molar-refractivity contribution in [3.05, 3.63) is 36.0 Å². The number of hydrogen-bond acceptors (Lipinski definition) is 5. The second-order valence-electron chi connectivity index (χ2n) is 5.70. The molecule has 0 aliphatic heterocycles. The molecule has 0 fully saturated rings. The number of rotatable bonds is 4. The summed E-state index contributed by atoms with van der Waals surface area (Å²) in [6, 6.07) is 9.26. The minimum absolute atomic E-state index is 0.214. The van der Waals surface area contributed by atoms with Gasteiger partial charge in [-0.15, -0.1) is 0 Å². The molecule has 0 radical (unpaired) electrons. The molecule has 1 aromatic carbocycles. The molecule has 1 heterocycles. The Morgan fingerprint density at radius 2 is 2.10 bits per heavy atom. The molecular weight excluding hydrogens is 268 g/mol. The van der Waals surface area contributed by atoms with Crippen molar-refractivity contribution in [1.29, 1.82) is 0 Å². The Labute approximate surface area is 123 Å². The highest BCUT2D eigenvalue weighted by molar-refractivity contribution is 6.00. The summed E-state index contributed by atoms with van der Waals surface area (Å²) in [5, 5.41) is 11.5. The fraction of sp³-hybridized carbons (Fsp3) is 0.333. The number of nitrogen functional groups attached to an aromatic ring is 1. The molecule has 0 bridgehead atoms. The van der Waals surface area contributed by atoms with Crippen LogP contribution in [0.1, 0.15) is 24.3 Å². The summed E-state index contributed by atoms with van der Waals surface area (Å²) in [4.78, 5) is 18.1. The number of likely N-dealkylation sites (N-methyl/N-ethyl adjacent to an activating group) is 1. The predicted octanol–water partition coefficient (Wildman–Crippen LogP) is 1.36. The van der Waals surface area contributed by atoms with Gasteiger partial charge in [0, 0.05) is 19.0 Å². The van der Waals surface area contributed by atoms with Crippen LogP contribution in [0.4, 0.5) is 5.82 Å². The zero-order chi connectivity index (χ0) is 15.6. The summed E-state index contributed by atoms with van der Waals surface area (Å²) in [5.41, 5.74) is 1.84. The van der Waals surface area contributed by atoms with E-state index in [-0.39, 0.29) is 18.1 Å². The smallest absolute Gasteiger partial charge is 0.272 e. The molecule has 2 aromatic rings. The maximum atomic E-state index is 12.4. The number of aromatic nitrogens is 1. The second kappa shape index (κ2) is 5.67. The number of aliphatic hydroxyl groups is 1. The van der Waals surface area contributed by atoms with E-state index in [1.54, 1.807) is 27.0 Å². The van der Waals surface area contributed by atoms with Crippen molar-refractivity contribution < 1.29 is 9.90 Å². The van der Waals surface area contributed by atoms with Crippen LogP contribution in [-0.2, 0) is 0 Å². The summed E-state index contributed by atoms with van der Waals surface area (Å²) in [7, 11) is 1.63. The number of nitrogens with one attached hydrogen (secondary N) is 1. The molecule has 112 valence electrons. The van der Waals surface area contributed by atoms with Crippen molar-refractivity contribution in [2.75, 3.05) is 19.0 Å². The SMILES string of the molecule is CN(CC(C)(C)O)C(=O)c1cc2ccccc2c(NN)n1. The largest absolute Gasteiger partial charge is 0.389 e. The van der Waals surface area contributed by atoms with E-state index in [1.165, 1.54) is 4.90 Å². The van der Waals surface area contributed by atoms with Gasteiger partial charge in [0.15, 0.2) is 0 Å². The Bertz CT molecular complexity index is 664. The first-order chi connectivity index (χ1) is 9.81. The Balaban J connectivity index is 2.40. The van der Waals surface area contributed by atoms with Gasteiger partial charge < -0.3 is 15.4 Å². The highest BCUT2D eigenvalue weighted by atomic mass is 16.3. The topological polar surface area (TPSA) is 91.5 Å². The molecule has 6 nitrogen and oxygen atoms in total. The van der Waals surface area contributed by atoms with Crippen LogP contribution >= 0.6 is 0 Å². The molecule has 0 saturated heterocycles. The molecule has 1 amide bonds. The average Bonchev–Trinajstić information content (AvgIpc) is 2.43. The van der Waals surface area contributed by atoms with Crippen LogP contribution in [0, 0.1) is 0 Å². The molecule has 0 atom stereocenters. The van der Waals surface area contributed by atoms with Gasteiger partial charge in [0.25, 0.3) is 5.91 Å². The highest BCUT2D eigenvalue weighted by Crippen LogP contribution is 2.22. The number of benzene rings is 1. The number of pyridine rings is 1. The third-order valence-electron chi connectivity index (χ3n) is 3.07. The normalized spacial score (nSPS) is 11.5. The molecule has 0 unspecified atom stereocenters. The van der Waals surface area contributed by atoms with E-state index in [9.17, 15) is 9.90 Å². The van der Waals surface area contributed by atoms with E-state index >= 15 is 0 Å². The molecule has 0 spiro atoms. The van der Waals surface area contributed by atoms with Gasteiger partial charge in [-0.1, -0.05) is 24.3 Å². The van der Waals surface area contributed by atoms with Crippen LogP contribution in [0.3, 0.4) is 0 Å². The molecule has 1 aromatic heterocycles. The molecule has 4 N–H and O–H groups in total. The summed E-state index contributed by atoms with van der Waals surface area (Å²) >= 11 is 0. The monoisotopic (exact) mass is 288 g/mol. The first-order valence-corrected chi connectivity index (χ1v) is 6.66. The van der Waals surface area contributed by atoms with E-state index < -0.39 is 5.60 Å². The molecule has 2 rings (SSSR count). The third-order valence-corrected chi connectivity index (χ3v) is 3.07. The number of hydrazine groups is 1. The van der Waals surface area contributed by atoms with Gasteiger partial charge in [0.1, 0.15) is 11.5 Å². The average molecular weight is 288 g/mol. The van der Waals surface area contributed by atoms with Crippen LogP contribution in [0.2, 0.25) is 0 Å². The number of anilines is 1. The number of nitrogens with zero attached hydrogens (tertiary/aromatic N) is 2. The van der Waals surface area contributed by atoms with E-state index in [0.717, 1.165) is 10.8 Å².